The summed E-state index contributed by atoms with van der Waals surface area (Å²) in [7, 11) is 0. The molecule has 1 atom stereocenters. The van der Waals surface area contributed by atoms with Gasteiger partial charge in [0.2, 0.25) is 6.10 Å². The van der Waals surface area contributed by atoms with Crippen LogP contribution in [-0.4, -0.2) is 16.8 Å². The number of carboxylic acid groups (broad SMARTS) is 1. The first kappa shape index (κ1) is 18.7. The third kappa shape index (κ3) is 4.75. The van der Waals surface area contributed by atoms with Crippen molar-refractivity contribution in [3.05, 3.63) is 83.4 Å². The summed E-state index contributed by atoms with van der Waals surface area (Å²) in [5, 5.41) is 15.5. The van der Waals surface area contributed by atoms with Gasteiger partial charge in [-0.15, -0.1) is 0 Å². The number of anilines is 1. The number of hydrogen-bond donors (Lipinski definition) is 2. The van der Waals surface area contributed by atoms with E-state index in [1.54, 1.807) is 48.5 Å². The Hall–Kier alpha value is -3.09. The van der Waals surface area contributed by atoms with Crippen LogP contribution in [0.3, 0.4) is 0 Å². The summed E-state index contributed by atoms with van der Waals surface area (Å²) in [5.74, 6) is 5.24. The van der Waals surface area contributed by atoms with Gasteiger partial charge in [-0.1, -0.05) is 60.2 Å². The topological polar surface area (TPSA) is 88.1 Å². The molecule has 2 aromatic carbocycles. The van der Waals surface area contributed by atoms with E-state index in [0.29, 0.717) is 22.7 Å². The molecule has 0 saturated carbocycles. The van der Waals surface area contributed by atoms with Crippen molar-refractivity contribution in [3.8, 4) is 5.75 Å². The van der Waals surface area contributed by atoms with E-state index in [1.165, 1.54) is 0 Å². The lowest BCUT2D eigenvalue weighted by Crippen LogP contribution is -2.27. The monoisotopic (exact) mass is 383 g/mol. The zero-order valence-corrected chi connectivity index (χ0v) is 15.1. The van der Waals surface area contributed by atoms with E-state index in [2.05, 4.69) is 5.10 Å². The second-order valence-electron chi connectivity index (χ2n) is 5.79. The molecule has 1 unspecified atom stereocenters. The van der Waals surface area contributed by atoms with Crippen LogP contribution in [0, 0.1) is 0 Å². The number of carboxylic acids is 1. The Morgan fingerprint density at radius 3 is 2.67 bits per heavy atom. The molecule has 138 valence electrons. The molecule has 27 heavy (non-hydrogen) atoms. The summed E-state index contributed by atoms with van der Waals surface area (Å²) in [6.07, 6.45) is 7.03. The van der Waals surface area contributed by atoms with Gasteiger partial charge in [-0.05, 0) is 24.3 Å². The number of nitrogens with zero attached hydrogens (tertiary/aromatic N) is 2. The minimum Gasteiger partial charge on any atom is -0.478 e. The Balaban J connectivity index is 1.92. The second-order valence-corrected chi connectivity index (χ2v) is 6.22. The van der Waals surface area contributed by atoms with Crippen LogP contribution >= 0.6 is 11.6 Å². The van der Waals surface area contributed by atoms with E-state index >= 15 is 0 Å². The fourth-order valence-electron chi connectivity index (χ4n) is 2.55. The fraction of sp³-hybridized carbons (Fsp3) is 0.100. The van der Waals surface area contributed by atoms with Crippen LogP contribution in [0.2, 0.25) is 5.02 Å². The van der Waals surface area contributed by atoms with E-state index < -0.39 is 12.1 Å². The number of nitrogens with two attached hydrogens (primary N) is 1. The zero-order valence-electron chi connectivity index (χ0n) is 14.3. The number of hydrogen-bond acceptors (Lipinski definition) is 5. The van der Waals surface area contributed by atoms with Crippen molar-refractivity contribution >= 4 is 29.0 Å². The maximum atomic E-state index is 11.7. The molecular weight excluding hydrogens is 366 g/mol. The van der Waals surface area contributed by atoms with Gasteiger partial charge in [-0.2, -0.15) is 10.2 Å². The van der Waals surface area contributed by atoms with Crippen molar-refractivity contribution in [1.29, 1.82) is 0 Å². The molecule has 0 spiro atoms. The van der Waals surface area contributed by atoms with Gasteiger partial charge >= 0.3 is 5.97 Å². The van der Waals surface area contributed by atoms with Crippen LogP contribution in [0.25, 0.3) is 0 Å². The predicted octanol–water partition coefficient (Wildman–Crippen LogP) is 4.10. The summed E-state index contributed by atoms with van der Waals surface area (Å²) in [5.41, 5.74) is 1.63. The molecule has 0 fully saturated rings. The normalized spacial score (nSPS) is 15.6. The highest BCUT2D eigenvalue weighted by atomic mass is 35.5. The summed E-state index contributed by atoms with van der Waals surface area (Å²) in [6.45, 7) is 0. The Labute approximate surface area is 161 Å². The van der Waals surface area contributed by atoms with Crippen LogP contribution in [-0.2, 0) is 4.79 Å². The summed E-state index contributed by atoms with van der Waals surface area (Å²) >= 11 is 6.09. The molecule has 2 aromatic rings. The Kier molecular flexibility index (Phi) is 5.90. The van der Waals surface area contributed by atoms with Crippen molar-refractivity contribution in [3.63, 3.8) is 0 Å². The Morgan fingerprint density at radius 2 is 2.00 bits per heavy atom. The number of benzene rings is 2. The number of rotatable bonds is 6. The molecule has 0 bridgehead atoms. The number of halogens is 1. The summed E-state index contributed by atoms with van der Waals surface area (Å²) in [4.78, 5) is 11.7. The van der Waals surface area contributed by atoms with Crippen molar-refractivity contribution in [2.75, 3.05) is 5.12 Å². The number of allylic oxidation sites excluding steroid dienone is 4. The predicted molar refractivity (Wildman–Crippen MR) is 106 cm³/mol. The average Bonchev–Trinajstić information content (AvgIpc) is 2.68. The Morgan fingerprint density at radius 1 is 1.22 bits per heavy atom. The molecular formula is C20H18ClN3O3. The lowest BCUT2D eigenvalue weighted by Gasteiger charge is -2.21. The highest BCUT2D eigenvalue weighted by Crippen LogP contribution is 2.34. The maximum absolute atomic E-state index is 11.7. The van der Waals surface area contributed by atoms with E-state index in [4.69, 9.17) is 22.2 Å². The van der Waals surface area contributed by atoms with Crippen molar-refractivity contribution < 1.29 is 14.6 Å². The standard InChI is InChI=1S/C20H18ClN3O3/c21-15-11-12-18(27-19(20(25)26)14-7-3-1-4-8-14)17(13-15)24(22)23-16-9-5-2-6-10-16/h1-9,11-13,19H,10,22H2,(H,25,26)/b23-16-. The molecule has 3 N–H and O–H groups in total. The molecule has 1 aliphatic carbocycles. The molecule has 0 radical (unpaired) electrons. The van der Waals surface area contributed by atoms with Crippen molar-refractivity contribution in [2.45, 2.75) is 12.5 Å². The van der Waals surface area contributed by atoms with Gasteiger partial charge < -0.3 is 9.84 Å². The van der Waals surface area contributed by atoms with E-state index in [0.717, 1.165) is 10.8 Å². The molecule has 0 aromatic heterocycles. The number of ether oxygens (including phenoxy) is 1. The van der Waals surface area contributed by atoms with Gasteiger partial charge in [-0.25, -0.2) is 10.6 Å². The van der Waals surface area contributed by atoms with Gasteiger partial charge in [-0.3, -0.25) is 0 Å². The van der Waals surface area contributed by atoms with E-state index in [1.807, 2.05) is 24.3 Å². The minimum absolute atomic E-state index is 0.262. The third-order valence-corrected chi connectivity index (χ3v) is 4.07. The van der Waals surface area contributed by atoms with Crippen LogP contribution in [0.5, 0.6) is 5.75 Å². The van der Waals surface area contributed by atoms with Gasteiger partial charge in [0.05, 0.1) is 5.71 Å². The lowest BCUT2D eigenvalue weighted by atomic mass is 10.1. The van der Waals surface area contributed by atoms with Crippen molar-refractivity contribution in [2.24, 2.45) is 10.9 Å². The molecule has 3 rings (SSSR count). The van der Waals surface area contributed by atoms with Crippen LogP contribution in [0.4, 0.5) is 5.69 Å². The van der Waals surface area contributed by atoms with Gasteiger partial charge in [0.1, 0.15) is 11.4 Å². The average molecular weight is 384 g/mol. The molecule has 1 aliphatic rings. The smallest absolute Gasteiger partial charge is 0.349 e. The first-order chi connectivity index (χ1) is 13.0. The molecule has 6 nitrogen and oxygen atoms in total. The number of hydrazone groups is 1. The Bertz CT molecular complexity index is 910. The highest BCUT2D eigenvalue weighted by molar-refractivity contribution is 6.31. The minimum atomic E-state index is -1.19. The number of carbonyl (C=O) groups is 1. The SMILES string of the molecule is NN(/N=C1/C=CC=CC1)c1cc(Cl)ccc1OC(C(=O)O)c1ccccc1. The van der Waals surface area contributed by atoms with Crippen LogP contribution in [0.1, 0.15) is 18.1 Å². The molecule has 0 amide bonds. The number of aliphatic carboxylic acids is 1. The lowest BCUT2D eigenvalue weighted by molar-refractivity contribution is -0.145. The quantitative estimate of drug-likeness (QED) is 0.579. The highest BCUT2D eigenvalue weighted by Gasteiger charge is 2.24. The van der Waals surface area contributed by atoms with Gasteiger partial charge in [0, 0.05) is 17.0 Å². The van der Waals surface area contributed by atoms with Crippen LogP contribution < -0.4 is 15.7 Å². The fourth-order valence-corrected chi connectivity index (χ4v) is 2.72. The number of hydrazine groups is 1. The first-order valence-electron chi connectivity index (χ1n) is 8.24. The van der Waals surface area contributed by atoms with Gasteiger partial charge in [0.25, 0.3) is 0 Å². The second kappa shape index (κ2) is 8.53. The van der Waals surface area contributed by atoms with E-state index in [9.17, 15) is 9.90 Å². The maximum Gasteiger partial charge on any atom is 0.349 e. The first-order valence-corrected chi connectivity index (χ1v) is 8.62. The third-order valence-electron chi connectivity index (χ3n) is 3.84. The molecule has 0 aliphatic heterocycles. The largest absolute Gasteiger partial charge is 0.478 e. The molecule has 0 heterocycles. The van der Waals surface area contributed by atoms with Crippen LogP contribution in [0.15, 0.2) is 77.9 Å². The zero-order chi connectivity index (χ0) is 19.2. The molecule has 0 saturated heterocycles. The summed E-state index contributed by atoms with van der Waals surface area (Å²) in [6, 6.07) is 13.4. The summed E-state index contributed by atoms with van der Waals surface area (Å²) < 4.78 is 5.78. The van der Waals surface area contributed by atoms with Gasteiger partial charge in [0.15, 0.2) is 0 Å². The van der Waals surface area contributed by atoms with E-state index in [-0.39, 0.29) is 5.75 Å². The molecule has 7 heteroatoms. The van der Waals surface area contributed by atoms with Crippen molar-refractivity contribution in [1.82, 2.24) is 0 Å².